The van der Waals surface area contributed by atoms with E-state index in [9.17, 15) is 4.79 Å². The van der Waals surface area contributed by atoms with Gasteiger partial charge < -0.3 is 15.5 Å². The Morgan fingerprint density at radius 2 is 1.97 bits per heavy atom. The van der Waals surface area contributed by atoms with Crippen LogP contribution >= 0.6 is 23.1 Å². The predicted octanol–water partition coefficient (Wildman–Crippen LogP) is 4.23. The molecule has 2 aliphatic heterocycles. The van der Waals surface area contributed by atoms with E-state index < -0.39 is 0 Å². The summed E-state index contributed by atoms with van der Waals surface area (Å²) in [5, 5.41) is 3.67. The highest BCUT2D eigenvalue weighted by Crippen LogP contribution is 2.48. The number of hydrogen-bond acceptors (Lipinski definition) is 6. The van der Waals surface area contributed by atoms with Gasteiger partial charge in [0.1, 0.15) is 9.71 Å². The normalized spacial score (nSPS) is 22.8. The van der Waals surface area contributed by atoms with Crippen molar-refractivity contribution in [3.8, 4) is 0 Å². The number of likely N-dealkylation sites (N-methyl/N-ethyl adjacent to an activating group) is 1. The predicted molar refractivity (Wildman–Crippen MR) is 123 cm³/mol. The molecule has 1 unspecified atom stereocenters. The number of rotatable bonds is 2. The number of amides is 1. The minimum atomic E-state index is 0.0805. The van der Waals surface area contributed by atoms with Crippen LogP contribution in [0.15, 0.2) is 11.5 Å². The number of nitrogens with zero attached hydrogens (tertiary/aromatic N) is 3. The van der Waals surface area contributed by atoms with E-state index in [1.54, 1.807) is 0 Å². The van der Waals surface area contributed by atoms with Crippen LogP contribution in [0.1, 0.15) is 57.4 Å². The van der Waals surface area contributed by atoms with Gasteiger partial charge in [0.05, 0.1) is 5.69 Å². The molecule has 2 N–H and O–H groups in total. The molecule has 0 aromatic carbocycles. The van der Waals surface area contributed by atoms with E-state index in [2.05, 4.69) is 23.4 Å². The fraction of sp³-hybridized carbons (Fsp3) is 0.545. The van der Waals surface area contributed by atoms with Gasteiger partial charge in [-0.1, -0.05) is 12.5 Å². The van der Waals surface area contributed by atoms with Gasteiger partial charge in [-0.05, 0) is 55.7 Å². The number of allylic oxidation sites excluding steroid dienone is 1. The SMILES string of the molecule is CN1CCN(C(=O)c2sc3nc4c(c(C5CC=CS5)c3c2N)CCCCC4)CC1. The van der Waals surface area contributed by atoms with Gasteiger partial charge in [0.15, 0.2) is 0 Å². The van der Waals surface area contributed by atoms with Crippen LogP contribution in [0.25, 0.3) is 10.2 Å². The van der Waals surface area contributed by atoms with Crippen LogP contribution in [0.2, 0.25) is 0 Å². The van der Waals surface area contributed by atoms with Crippen molar-refractivity contribution in [2.45, 2.75) is 43.8 Å². The van der Waals surface area contributed by atoms with Gasteiger partial charge in [-0.2, -0.15) is 0 Å². The van der Waals surface area contributed by atoms with Gasteiger partial charge in [0, 0.05) is 42.5 Å². The fourth-order valence-electron chi connectivity index (χ4n) is 4.76. The molecule has 2 aromatic rings. The first-order valence-electron chi connectivity index (χ1n) is 10.7. The molecular formula is C22H28N4OS2. The molecule has 29 heavy (non-hydrogen) atoms. The number of carbonyl (C=O) groups is 1. The number of nitrogens with two attached hydrogens (primary N) is 1. The minimum absolute atomic E-state index is 0.0805. The summed E-state index contributed by atoms with van der Waals surface area (Å²) in [5.74, 6) is 0.0805. The van der Waals surface area contributed by atoms with Crippen molar-refractivity contribution in [1.29, 1.82) is 0 Å². The molecule has 0 bridgehead atoms. The maximum absolute atomic E-state index is 13.3. The van der Waals surface area contributed by atoms with Crippen molar-refractivity contribution in [1.82, 2.24) is 14.8 Å². The summed E-state index contributed by atoms with van der Waals surface area (Å²) in [5.41, 5.74) is 11.4. The molecule has 5 rings (SSSR count). The number of nitrogen functional groups attached to an aromatic ring is 1. The summed E-state index contributed by atoms with van der Waals surface area (Å²) >= 11 is 3.39. The summed E-state index contributed by atoms with van der Waals surface area (Å²) in [6.07, 6.45) is 9.10. The number of anilines is 1. The third-order valence-electron chi connectivity index (χ3n) is 6.44. The maximum atomic E-state index is 13.3. The van der Waals surface area contributed by atoms with Crippen molar-refractivity contribution in [3.05, 3.63) is 33.2 Å². The monoisotopic (exact) mass is 428 g/mol. The highest BCUT2D eigenvalue weighted by atomic mass is 32.2. The standard InChI is InChI=1S/C22H28N4OS2/c1-25-9-11-26(12-10-25)22(27)20-19(23)18-17(16-8-5-13-28-16)14-6-3-2-4-7-15(14)24-21(18)29-20/h5,13,16H,2-4,6-12,23H2,1H3. The fourth-order valence-corrected chi connectivity index (χ4v) is 6.89. The van der Waals surface area contributed by atoms with Crippen LogP contribution in [0.3, 0.4) is 0 Å². The Labute approximate surface area is 180 Å². The highest BCUT2D eigenvalue weighted by molar-refractivity contribution is 8.02. The second kappa shape index (κ2) is 7.93. The lowest BCUT2D eigenvalue weighted by atomic mass is 9.94. The Balaban J connectivity index is 1.62. The molecule has 1 fully saturated rings. The Kier molecular flexibility index (Phi) is 5.30. The number of piperazine rings is 1. The van der Waals surface area contributed by atoms with E-state index in [-0.39, 0.29) is 5.91 Å². The molecule has 1 aliphatic carbocycles. The van der Waals surface area contributed by atoms with Crippen LogP contribution in [-0.4, -0.2) is 53.9 Å². The molecule has 2 aromatic heterocycles. The van der Waals surface area contributed by atoms with E-state index in [1.807, 2.05) is 16.7 Å². The van der Waals surface area contributed by atoms with Crippen LogP contribution in [0.4, 0.5) is 5.69 Å². The lowest BCUT2D eigenvalue weighted by molar-refractivity contribution is 0.0670. The molecule has 154 valence electrons. The summed E-state index contributed by atoms with van der Waals surface area (Å²) in [7, 11) is 2.10. The van der Waals surface area contributed by atoms with Gasteiger partial charge in [-0.25, -0.2) is 4.98 Å². The number of carbonyl (C=O) groups excluding carboxylic acids is 1. The molecule has 5 nitrogen and oxygen atoms in total. The largest absolute Gasteiger partial charge is 0.397 e. The third-order valence-corrected chi connectivity index (χ3v) is 8.64. The van der Waals surface area contributed by atoms with Gasteiger partial charge >= 0.3 is 0 Å². The number of hydrogen-bond donors (Lipinski definition) is 1. The second-order valence-electron chi connectivity index (χ2n) is 8.36. The number of pyridine rings is 1. The topological polar surface area (TPSA) is 62.5 Å². The van der Waals surface area contributed by atoms with Crippen LogP contribution < -0.4 is 5.73 Å². The first-order chi connectivity index (χ1) is 14.1. The molecule has 1 saturated heterocycles. The number of aromatic nitrogens is 1. The molecule has 1 atom stereocenters. The number of fused-ring (bicyclic) bond motifs is 2. The molecule has 0 radical (unpaired) electrons. The summed E-state index contributed by atoms with van der Waals surface area (Å²) < 4.78 is 0. The van der Waals surface area contributed by atoms with Crippen molar-refractivity contribution in [2.24, 2.45) is 0 Å². The Morgan fingerprint density at radius 3 is 2.72 bits per heavy atom. The van der Waals surface area contributed by atoms with E-state index in [0.717, 1.165) is 55.7 Å². The third kappa shape index (κ3) is 3.47. The zero-order chi connectivity index (χ0) is 20.0. The molecule has 3 aliphatic rings. The first kappa shape index (κ1) is 19.4. The van der Waals surface area contributed by atoms with Gasteiger partial charge in [-0.15, -0.1) is 23.1 Å². The smallest absolute Gasteiger partial charge is 0.266 e. The Morgan fingerprint density at radius 1 is 1.17 bits per heavy atom. The van der Waals surface area contributed by atoms with E-state index in [4.69, 9.17) is 10.7 Å². The number of thiophene rings is 1. The van der Waals surface area contributed by atoms with Gasteiger partial charge in [-0.3, -0.25) is 4.79 Å². The lowest BCUT2D eigenvalue weighted by Gasteiger charge is -2.32. The molecule has 0 spiro atoms. The lowest BCUT2D eigenvalue weighted by Crippen LogP contribution is -2.47. The summed E-state index contributed by atoms with van der Waals surface area (Å²) in [6, 6.07) is 0. The minimum Gasteiger partial charge on any atom is -0.397 e. The molecular weight excluding hydrogens is 400 g/mol. The molecule has 4 heterocycles. The van der Waals surface area contributed by atoms with Crippen LogP contribution in [-0.2, 0) is 12.8 Å². The quantitative estimate of drug-likeness (QED) is 0.726. The molecule has 7 heteroatoms. The van der Waals surface area contributed by atoms with Crippen LogP contribution in [0, 0.1) is 0 Å². The van der Waals surface area contributed by atoms with E-state index in [0.29, 0.717) is 15.8 Å². The van der Waals surface area contributed by atoms with Crippen molar-refractivity contribution in [3.63, 3.8) is 0 Å². The average Bonchev–Trinajstić information content (AvgIpc) is 3.29. The summed E-state index contributed by atoms with van der Waals surface area (Å²) in [4.78, 5) is 24.2. The Bertz CT molecular complexity index is 967. The first-order valence-corrected chi connectivity index (χ1v) is 12.4. The van der Waals surface area contributed by atoms with Crippen molar-refractivity contribution >= 4 is 44.9 Å². The molecule has 0 saturated carbocycles. The highest BCUT2D eigenvalue weighted by Gasteiger charge is 2.31. The van der Waals surface area contributed by atoms with E-state index in [1.165, 1.54) is 47.4 Å². The van der Waals surface area contributed by atoms with Gasteiger partial charge in [0.25, 0.3) is 5.91 Å². The van der Waals surface area contributed by atoms with Crippen LogP contribution in [0.5, 0.6) is 0 Å². The zero-order valence-electron chi connectivity index (χ0n) is 16.9. The maximum Gasteiger partial charge on any atom is 0.266 e. The van der Waals surface area contributed by atoms with Crippen molar-refractivity contribution in [2.75, 3.05) is 39.0 Å². The zero-order valence-corrected chi connectivity index (χ0v) is 18.6. The number of thioether (sulfide) groups is 1. The van der Waals surface area contributed by atoms with E-state index >= 15 is 0 Å². The van der Waals surface area contributed by atoms with Gasteiger partial charge in [0.2, 0.25) is 0 Å². The van der Waals surface area contributed by atoms with Crippen molar-refractivity contribution < 1.29 is 4.79 Å². The number of aryl methyl sites for hydroxylation is 1. The molecule has 1 amide bonds. The summed E-state index contributed by atoms with van der Waals surface area (Å²) in [6.45, 7) is 3.36. The average molecular weight is 429 g/mol. The second-order valence-corrected chi connectivity index (χ2v) is 10.5. The Hall–Kier alpha value is -1.57.